The Morgan fingerprint density at radius 2 is 2.31 bits per heavy atom. The molecular formula is C12H12FNO2. The van der Waals surface area contributed by atoms with Gasteiger partial charge in [0.25, 0.3) is 0 Å². The Labute approximate surface area is 93.3 Å². The molecule has 4 heteroatoms. The first-order valence-corrected chi connectivity index (χ1v) is 4.81. The number of nitrogens with one attached hydrogen (secondary N) is 1. The third-order valence-corrected chi connectivity index (χ3v) is 1.93. The summed E-state index contributed by atoms with van der Waals surface area (Å²) in [4.78, 5) is 10.5. The molecule has 0 saturated carbocycles. The van der Waals surface area contributed by atoms with Crippen molar-refractivity contribution < 1.29 is 14.3 Å². The molecule has 0 amide bonds. The molecule has 0 heterocycles. The monoisotopic (exact) mass is 221 g/mol. The van der Waals surface area contributed by atoms with Crippen molar-refractivity contribution in [3.8, 4) is 11.8 Å². The summed E-state index contributed by atoms with van der Waals surface area (Å²) in [5.74, 6) is 3.59. The van der Waals surface area contributed by atoms with Gasteiger partial charge in [-0.3, -0.25) is 0 Å². The van der Waals surface area contributed by atoms with E-state index >= 15 is 0 Å². The van der Waals surface area contributed by atoms with Crippen molar-refractivity contribution in [3.63, 3.8) is 0 Å². The van der Waals surface area contributed by atoms with Crippen LogP contribution in [0.4, 0.5) is 4.39 Å². The van der Waals surface area contributed by atoms with Gasteiger partial charge in [0.05, 0.1) is 5.56 Å². The first kappa shape index (κ1) is 12.2. The third kappa shape index (κ3) is 3.37. The fourth-order valence-electron chi connectivity index (χ4n) is 1.12. The molecule has 0 aromatic heterocycles. The summed E-state index contributed by atoms with van der Waals surface area (Å²) in [6, 6.07) is 3.86. The Balaban J connectivity index is 2.80. The Hall–Kier alpha value is -1.86. The largest absolute Gasteiger partial charge is 0.478 e. The fourth-order valence-corrected chi connectivity index (χ4v) is 1.12. The Bertz CT molecular complexity index is 446. The van der Waals surface area contributed by atoms with Crippen molar-refractivity contribution in [2.75, 3.05) is 13.6 Å². The molecule has 0 aliphatic heterocycles. The van der Waals surface area contributed by atoms with Crippen LogP contribution in [0.2, 0.25) is 0 Å². The summed E-state index contributed by atoms with van der Waals surface area (Å²) in [6.45, 7) is 0.767. The van der Waals surface area contributed by atoms with E-state index in [0.29, 0.717) is 12.0 Å². The van der Waals surface area contributed by atoms with Crippen molar-refractivity contribution in [2.24, 2.45) is 0 Å². The van der Waals surface area contributed by atoms with Crippen molar-refractivity contribution in [1.82, 2.24) is 5.32 Å². The average Bonchev–Trinajstić information content (AvgIpc) is 2.24. The molecule has 0 aliphatic rings. The molecule has 0 radical (unpaired) electrons. The summed E-state index contributed by atoms with van der Waals surface area (Å²) < 4.78 is 13.2. The number of hydrogen-bond donors (Lipinski definition) is 2. The van der Waals surface area contributed by atoms with E-state index in [4.69, 9.17) is 5.11 Å². The number of carboxylic acid groups (broad SMARTS) is 1. The Morgan fingerprint density at radius 1 is 1.56 bits per heavy atom. The number of rotatable bonds is 3. The number of halogens is 1. The lowest BCUT2D eigenvalue weighted by atomic mass is 10.1. The third-order valence-electron chi connectivity index (χ3n) is 1.93. The molecule has 16 heavy (non-hydrogen) atoms. The van der Waals surface area contributed by atoms with Crippen LogP contribution in [0.25, 0.3) is 0 Å². The van der Waals surface area contributed by atoms with E-state index in [1.54, 1.807) is 0 Å². The van der Waals surface area contributed by atoms with E-state index in [2.05, 4.69) is 17.2 Å². The van der Waals surface area contributed by atoms with Crippen LogP contribution in [0, 0.1) is 17.7 Å². The van der Waals surface area contributed by atoms with Crippen LogP contribution in [-0.4, -0.2) is 24.7 Å². The van der Waals surface area contributed by atoms with Crippen LogP contribution in [0.1, 0.15) is 22.3 Å². The summed E-state index contributed by atoms with van der Waals surface area (Å²) in [5, 5.41) is 11.6. The molecule has 2 N–H and O–H groups in total. The molecule has 0 fully saturated rings. The van der Waals surface area contributed by atoms with Gasteiger partial charge in [-0.25, -0.2) is 9.18 Å². The Kier molecular flexibility index (Phi) is 4.49. The predicted molar refractivity (Wildman–Crippen MR) is 58.8 cm³/mol. The summed E-state index contributed by atoms with van der Waals surface area (Å²) in [5.41, 5.74) is 0.152. The fraction of sp³-hybridized carbons (Fsp3) is 0.250. The molecular weight excluding hydrogens is 209 g/mol. The Morgan fingerprint density at radius 3 is 2.88 bits per heavy atom. The van der Waals surface area contributed by atoms with Gasteiger partial charge in [-0.05, 0) is 25.2 Å². The van der Waals surface area contributed by atoms with Gasteiger partial charge in [0.15, 0.2) is 0 Å². The van der Waals surface area contributed by atoms with E-state index in [9.17, 15) is 9.18 Å². The second-order valence-corrected chi connectivity index (χ2v) is 3.16. The highest BCUT2D eigenvalue weighted by Crippen LogP contribution is 2.09. The van der Waals surface area contributed by atoms with Crippen LogP contribution >= 0.6 is 0 Å². The van der Waals surface area contributed by atoms with Gasteiger partial charge in [0, 0.05) is 18.5 Å². The quantitative estimate of drug-likeness (QED) is 0.600. The lowest BCUT2D eigenvalue weighted by Crippen LogP contribution is -2.05. The van der Waals surface area contributed by atoms with Crippen LogP contribution in [-0.2, 0) is 0 Å². The second kappa shape index (κ2) is 5.89. The number of carboxylic acids is 1. The van der Waals surface area contributed by atoms with E-state index in [1.165, 1.54) is 12.1 Å². The summed E-state index contributed by atoms with van der Waals surface area (Å²) >= 11 is 0. The zero-order valence-electron chi connectivity index (χ0n) is 8.88. The number of carbonyl (C=O) groups is 1. The van der Waals surface area contributed by atoms with E-state index in [0.717, 1.165) is 12.6 Å². The first-order chi connectivity index (χ1) is 7.65. The average molecular weight is 221 g/mol. The van der Waals surface area contributed by atoms with Gasteiger partial charge in [-0.15, -0.1) is 0 Å². The SMILES string of the molecule is CNCCC#Cc1ccc(C(=O)O)c(F)c1. The summed E-state index contributed by atoms with van der Waals surface area (Å²) in [7, 11) is 1.82. The van der Waals surface area contributed by atoms with Crippen LogP contribution in [0.3, 0.4) is 0 Å². The molecule has 1 aromatic rings. The predicted octanol–water partition coefficient (Wildman–Crippen LogP) is 1.48. The minimum absolute atomic E-state index is 0.333. The van der Waals surface area contributed by atoms with Gasteiger partial charge < -0.3 is 10.4 Å². The maximum atomic E-state index is 13.2. The van der Waals surface area contributed by atoms with Crippen LogP contribution in [0.5, 0.6) is 0 Å². The van der Waals surface area contributed by atoms with Crippen LogP contribution < -0.4 is 5.32 Å². The molecule has 0 bridgehead atoms. The van der Waals surface area contributed by atoms with E-state index in [1.807, 2.05) is 7.05 Å². The molecule has 84 valence electrons. The van der Waals surface area contributed by atoms with Gasteiger partial charge >= 0.3 is 5.97 Å². The molecule has 3 nitrogen and oxygen atoms in total. The van der Waals surface area contributed by atoms with Crippen molar-refractivity contribution in [3.05, 3.63) is 35.1 Å². The van der Waals surface area contributed by atoms with E-state index in [-0.39, 0.29) is 5.56 Å². The maximum absolute atomic E-state index is 13.2. The molecule has 0 spiro atoms. The van der Waals surface area contributed by atoms with Gasteiger partial charge in [0.1, 0.15) is 5.82 Å². The molecule has 1 rings (SSSR count). The smallest absolute Gasteiger partial charge is 0.338 e. The lowest BCUT2D eigenvalue weighted by Gasteiger charge is -1.97. The second-order valence-electron chi connectivity index (χ2n) is 3.16. The molecule has 0 atom stereocenters. The number of benzene rings is 1. The highest BCUT2D eigenvalue weighted by molar-refractivity contribution is 5.88. The van der Waals surface area contributed by atoms with Gasteiger partial charge in [0.2, 0.25) is 0 Å². The summed E-state index contributed by atoms with van der Waals surface area (Å²) in [6.07, 6.45) is 0.665. The normalized spacial score (nSPS) is 9.38. The molecule has 0 unspecified atom stereocenters. The topological polar surface area (TPSA) is 49.3 Å². The van der Waals surface area contributed by atoms with Gasteiger partial charge in [-0.1, -0.05) is 11.8 Å². The van der Waals surface area contributed by atoms with Crippen molar-refractivity contribution in [1.29, 1.82) is 0 Å². The number of hydrogen-bond acceptors (Lipinski definition) is 2. The standard InChI is InChI=1S/C12H12FNO2/c1-14-7-3-2-4-9-5-6-10(12(15)16)11(13)8-9/h5-6,8,14H,3,7H2,1H3,(H,15,16). The zero-order chi connectivity index (χ0) is 12.0. The molecule has 0 saturated heterocycles. The first-order valence-electron chi connectivity index (χ1n) is 4.81. The number of aromatic carboxylic acids is 1. The van der Waals surface area contributed by atoms with E-state index < -0.39 is 11.8 Å². The highest BCUT2D eigenvalue weighted by Gasteiger charge is 2.09. The minimum atomic E-state index is -1.27. The lowest BCUT2D eigenvalue weighted by molar-refractivity contribution is 0.0692. The molecule has 0 aliphatic carbocycles. The zero-order valence-corrected chi connectivity index (χ0v) is 8.88. The van der Waals surface area contributed by atoms with Crippen molar-refractivity contribution in [2.45, 2.75) is 6.42 Å². The van der Waals surface area contributed by atoms with Crippen LogP contribution in [0.15, 0.2) is 18.2 Å². The maximum Gasteiger partial charge on any atom is 0.338 e. The highest BCUT2D eigenvalue weighted by atomic mass is 19.1. The van der Waals surface area contributed by atoms with Crippen molar-refractivity contribution >= 4 is 5.97 Å². The minimum Gasteiger partial charge on any atom is -0.478 e. The molecule has 1 aromatic carbocycles. The van der Waals surface area contributed by atoms with Gasteiger partial charge in [-0.2, -0.15) is 0 Å².